The van der Waals surface area contributed by atoms with Gasteiger partial charge in [0.2, 0.25) is 0 Å². The third kappa shape index (κ3) is 1.29. The predicted molar refractivity (Wildman–Crippen MR) is 48.6 cm³/mol. The van der Waals surface area contributed by atoms with Gasteiger partial charge in [0.15, 0.2) is 0 Å². The van der Waals surface area contributed by atoms with Gasteiger partial charge in [-0.15, -0.1) is 11.6 Å². The van der Waals surface area contributed by atoms with Crippen molar-refractivity contribution >= 4 is 23.2 Å². The Bertz CT molecular complexity index is 312. The lowest BCUT2D eigenvalue weighted by molar-refractivity contribution is 0.893. The van der Waals surface area contributed by atoms with E-state index in [4.69, 9.17) is 23.2 Å². The van der Waals surface area contributed by atoms with E-state index in [0.717, 1.165) is 30.5 Å². The lowest BCUT2D eigenvalue weighted by atomic mass is 10.3. The van der Waals surface area contributed by atoms with Crippen molar-refractivity contribution in [2.45, 2.75) is 25.1 Å². The summed E-state index contributed by atoms with van der Waals surface area (Å²) >= 11 is 11.6. The highest BCUT2D eigenvalue weighted by atomic mass is 35.5. The summed E-state index contributed by atoms with van der Waals surface area (Å²) in [6.45, 7) is 0. The molecule has 1 aromatic heterocycles. The average Bonchev–Trinajstić information content (AvgIpc) is 2.52. The zero-order valence-electron chi connectivity index (χ0n) is 6.48. The van der Waals surface area contributed by atoms with Gasteiger partial charge in [-0.1, -0.05) is 11.6 Å². The summed E-state index contributed by atoms with van der Waals surface area (Å²) in [5, 5.41) is 0.591. The van der Waals surface area contributed by atoms with Crippen LogP contribution in [-0.2, 0) is 18.7 Å². The number of nitrogens with zero attached hydrogens (tertiary/aromatic N) is 2. The smallest absolute Gasteiger partial charge is 0.145 e. The standard InChI is InChI=1S/C8H8Cl2N2/c9-4-7-11-6-3-1-2-5(6)8(10)12-7/h1-4H2. The first-order valence-electron chi connectivity index (χ1n) is 3.91. The van der Waals surface area contributed by atoms with Gasteiger partial charge in [0.1, 0.15) is 11.0 Å². The van der Waals surface area contributed by atoms with Crippen LogP contribution in [0.4, 0.5) is 0 Å². The molecule has 0 amide bonds. The van der Waals surface area contributed by atoms with Gasteiger partial charge in [-0.2, -0.15) is 0 Å². The van der Waals surface area contributed by atoms with E-state index in [1.807, 2.05) is 0 Å². The third-order valence-electron chi connectivity index (χ3n) is 2.05. The van der Waals surface area contributed by atoms with Crippen LogP contribution < -0.4 is 0 Å². The van der Waals surface area contributed by atoms with E-state index < -0.39 is 0 Å². The Hall–Kier alpha value is -0.340. The Morgan fingerprint density at radius 2 is 2.08 bits per heavy atom. The van der Waals surface area contributed by atoms with E-state index in [9.17, 15) is 0 Å². The van der Waals surface area contributed by atoms with Crippen molar-refractivity contribution in [3.8, 4) is 0 Å². The second-order valence-corrected chi connectivity index (χ2v) is 3.47. The van der Waals surface area contributed by atoms with Gasteiger partial charge in [0.25, 0.3) is 0 Å². The molecule has 2 rings (SSSR count). The molecule has 1 aromatic rings. The van der Waals surface area contributed by atoms with Gasteiger partial charge in [0.05, 0.1) is 5.88 Å². The van der Waals surface area contributed by atoms with Crippen LogP contribution in [-0.4, -0.2) is 9.97 Å². The molecule has 12 heavy (non-hydrogen) atoms. The van der Waals surface area contributed by atoms with Crippen LogP contribution in [0, 0.1) is 0 Å². The minimum Gasteiger partial charge on any atom is -0.236 e. The van der Waals surface area contributed by atoms with Crippen molar-refractivity contribution in [3.05, 3.63) is 22.2 Å². The van der Waals surface area contributed by atoms with E-state index >= 15 is 0 Å². The van der Waals surface area contributed by atoms with Gasteiger partial charge in [-0.25, -0.2) is 9.97 Å². The monoisotopic (exact) mass is 202 g/mol. The van der Waals surface area contributed by atoms with E-state index in [0.29, 0.717) is 16.9 Å². The number of rotatable bonds is 1. The highest BCUT2D eigenvalue weighted by Gasteiger charge is 2.17. The van der Waals surface area contributed by atoms with Crippen LogP contribution in [0.15, 0.2) is 0 Å². The van der Waals surface area contributed by atoms with Crippen LogP contribution in [0.25, 0.3) is 0 Å². The van der Waals surface area contributed by atoms with E-state index in [1.165, 1.54) is 0 Å². The molecule has 0 radical (unpaired) electrons. The van der Waals surface area contributed by atoms with Crippen LogP contribution in [0.1, 0.15) is 23.5 Å². The molecule has 0 unspecified atom stereocenters. The van der Waals surface area contributed by atoms with Crippen molar-refractivity contribution in [2.24, 2.45) is 0 Å². The number of hydrogen-bond acceptors (Lipinski definition) is 2. The van der Waals surface area contributed by atoms with Crippen LogP contribution in [0.2, 0.25) is 5.15 Å². The number of aryl methyl sites for hydroxylation is 1. The number of fused-ring (bicyclic) bond motifs is 1. The van der Waals surface area contributed by atoms with E-state index in [1.54, 1.807) is 0 Å². The molecule has 64 valence electrons. The molecular weight excluding hydrogens is 195 g/mol. The van der Waals surface area contributed by atoms with Crippen molar-refractivity contribution in [1.29, 1.82) is 0 Å². The molecule has 1 aliphatic rings. The topological polar surface area (TPSA) is 25.8 Å². The molecule has 0 saturated heterocycles. The summed E-state index contributed by atoms with van der Waals surface area (Å²) in [7, 11) is 0. The molecule has 1 heterocycles. The van der Waals surface area contributed by atoms with Crippen molar-refractivity contribution < 1.29 is 0 Å². The van der Waals surface area contributed by atoms with Crippen molar-refractivity contribution in [1.82, 2.24) is 9.97 Å². The zero-order chi connectivity index (χ0) is 8.55. The summed E-state index contributed by atoms with van der Waals surface area (Å²) in [5.41, 5.74) is 2.20. The maximum atomic E-state index is 5.94. The Balaban J connectivity index is 2.51. The highest BCUT2D eigenvalue weighted by molar-refractivity contribution is 6.30. The average molecular weight is 203 g/mol. The van der Waals surface area contributed by atoms with Gasteiger partial charge >= 0.3 is 0 Å². The fraction of sp³-hybridized carbons (Fsp3) is 0.500. The molecule has 0 atom stereocenters. The SMILES string of the molecule is ClCc1nc(Cl)c2c(n1)CCC2. The molecule has 1 aliphatic carbocycles. The largest absolute Gasteiger partial charge is 0.236 e. The summed E-state index contributed by atoms with van der Waals surface area (Å²) in [6.07, 6.45) is 3.16. The summed E-state index contributed by atoms with van der Waals surface area (Å²) in [5.74, 6) is 0.981. The molecule has 4 heteroatoms. The van der Waals surface area contributed by atoms with Crippen molar-refractivity contribution in [3.63, 3.8) is 0 Å². The number of hydrogen-bond donors (Lipinski definition) is 0. The minimum absolute atomic E-state index is 0.340. The van der Waals surface area contributed by atoms with Crippen molar-refractivity contribution in [2.75, 3.05) is 0 Å². The van der Waals surface area contributed by atoms with Gasteiger partial charge in [-0.05, 0) is 19.3 Å². The number of halogens is 2. The third-order valence-corrected chi connectivity index (χ3v) is 2.60. The van der Waals surface area contributed by atoms with Gasteiger partial charge in [-0.3, -0.25) is 0 Å². The molecule has 0 aliphatic heterocycles. The molecule has 0 N–H and O–H groups in total. The first-order chi connectivity index (χ1) is 5.81. The summed E-state index contributed by atoms with van der Waals surface area (Å²) < 4.78 is 0. The molecule has 0 fully saturated rings. The summed E-state index contributed by atoms with van der Waals surface area (Å²) in [4.78, 5) is 8.39. The highest BCUT2D eigenvalue weighted by Crippen LogP contribution is 2.25. The molecule has 0 bridgehead atoms. The van der Waals surface area contributed by atoms with Crippen LogP contribution in [0.3, 0.4) is 0 Å². The van der Waals surface area contributed by atoms with Gasteiger partial charge < -0.3 is 0 Å². The Kier molecular flexibility index (Phi) is 2.20. The van der Waals surface area contributed by atoms with E-state index in [2.05, 4.69) is 9.97 Å². The maximum Gasteiger partial charge on any atom is 0.145 e. The number of aromatic nitrogens is 2. The normalized spacial score (nSPS) is 14.8. The first-order valence-corrected chi connectivity index (χ1v) is 4.82. The minimum atomic E-state index is 0.340. The molecular formula is C8H8Cl2N2. The Morgan fingerprint density at radius 3 is 2.83 bits per heavy atom. The number of alkyl halides is 1. The first kappa shape index (κ1) is 8.27. The lowest BCUT2D eigenvalue weighted by Crippen LogP contribution is -1.98. The lowest BCUT2D eigenvalue weighted by Gasteiger charge is -2.02. The predicted octanol–water partition coefficient (Wildman–Crippen LogP) is 2.36. The molecule has 0 spiro atoms. The summed E-state index contributed by atoms with van der Waals surface area (Å²) in [6, 6.07) is 0. The zero-order valence-corrected chi connectivity index (χ0v) is 7.99. The Labute approximate surface area is 80.9 Å². The second kappa shape index (κ2) is 3.19. The van der Waals surface area contributed by atoms with E-state index in [-0.39, 0.29) is 0 Å². The Morgan fingerprint density at radius 1 is 1.25 bits per heavy atom. The fourth-order valence-corrected chi connectivity index (χ4v) is 1.92. The fourth-order valence-electron chi connectivity index (χ4n) is 1.49. The molecule has 2 nitrogen and oxygen atoms in total. The van der Waals surface area contributed by atoms with Crippen LogP contribution >= 0.6 is 23.2 Å². The van der Waals surface area contributed by atoms with Crippen LogP contribution in [0.5, 0.6) is 0 Å². The quantitative estimate of drug-likeness (QED) is 0.517. The van der Waals surface area contributed by atoms with Gasteiger partial charge in [0, 0.05) is 11.3 Å². The second-order valence-electron chi connectivity index (χ2n) is 2.84. The molecule has 0 saturated carbocycles. The maximum absolute atomic E-state index is 5.94. The molecule has 0 aromatic carbocycles.